The zero-order valence-corrected chi connectivity index (χ0v) is 10.4. The maximum Gasteiger partial charge on any atom is 0.329 e. The van der Waals surface area contributed by atoms with Gasteiger partial charge in [-0.15, -0.1) is 0 Å². The Labute approximate surface area is 109 Å². The van der Waals surface area contributed by atoms with Crippen LogP contribution in [0.3, 0.4) is 0 Å². The van der Waals surface area contributed by atoms with E-state index < -0.39 is 6.03 Å². The number of likely N-dealkylation sites (tertiary alicyclic amines) is 1. The Balaban J connectivity index is 2.14. The lowest BCUT2D eigenvalue weighted by Gasteiger charge is -2.34. The van der Waals surface area contributed by atoms with Gasteiger partial charge in [0.05, 0.1) is 5.52 Å². The molecule has 0 spiro atoms. The highest BCUT2D eigenvalue weighted by molar-refractivity contribution is 5.73. The summed E-state index contributed by atoms with van der Waals surface area (Å²) in [6.07, 6.45) is 3.90. The van der Waals surface area contributed by atoms with Crippen LogP contribution in [0.15, 0.2) is 23.1 Å². The van der Waals surface area contributed by atoms with Gasteiger partial charge < -0.3 is 10.6 Å². The van der Waals surface area contributed by atoms with Crippen molar-refractivity contribution in [3.63, 3.8) is 0 Å². The number of imidazole rings is 1. The third kappa shape index (κ3) is 1.87. The molecular weight excluding hydrogens is 246 g/mol. The first kappa shape index (κ1) is 11.8. The molecule has 0 aromatic carbocycles. The highest BCUT2D eigenvalue weighted by atomic mass is 16.2. The van der Waals surface area contributed by atoms with E-state index in [1.54, 1.807) is 21.7 Å². The number of pyridine rings is 1. The third-order valence-electron chi connectivity index (χ3n) is 3.54. The lowest BCUT2D eigenvalue weighted by Crippen LogP contribution is -2.46. The number of piperidine rings is 1. The number of nitrogens with two attached hydrogens (primary N) is 1. The monoisotopic (exact) mass is 261 g/mol. The number of fused-ring (bicyclic) bond motifs is 1. The van der Waals surface area contributed by atoms with Crippen LogP contribution in [0.25, 0.3) is 11.2 Å². The van der Waals surface area contributed by atoms with Crippen molar-refractivity contribution in [2.24, 2.45) is 5.73 Å². The number of H-pyrrole nitrogens is 1. The molecule has 100 valence electrons. The van der Waals surface area contributed by atoms with Gasteiger partial charge in [0.25, 0.3) is 0 Å². The lowest BCUT2D eigenvalue weighted by atomic mass is 10.1. The number of hydrogen-bond donors (Lipinski definition) is 2. The Hall–Kier alpha value is -2.31. The predicted octanol–water partition coefficient (Wildman–Crippen LogP) is 0.788. The van der Waals surface area contributed by atoms with E-state index in [1.807, 2.05) is 6.07 Å². The number of amides is 2. The Morgan fingerprint density at radius 3 is 3.11 bits per heavy atom. The molecule has 1 saturated heterocycles. The third-order valence-corrected chi connectivity index (χ3v) is 3.54. The summed E-state index contributed by atoms with van der Waals surface area (Å²) in [5.41, 5.74) is 6.38. The molecular formula is C12H15N5O2. The van der Waals surface area contributed by atoms with Gasteiger partial charge in [-0.1, -0.05) is 0 Å². The molecule has 1 unspecified atom stereocenters. The SMILES string of the molecule is NC(=O)N1CCCCC1n1c(=O)[nH]c2ncccc21. The first-order chi connectivity index (χ1) is 9.18. The van der Waals surface area contributed by atoms with Crippen LogP contribution in [0.2, 0.25) is 0 Å². The number of nitrogens with one attached hydrogen (secondary N) is 1. The van der Waals surface area contributed by atoms with E-state index in [-0.39, 0.29) is 11.9 Å². The predicted molar refractivity (Wildman–Crippen MR) is 69.5 cm³/mol. The Kier molecular flexibility index (Phi) is 2.73. The van der Waals surface area contributed by atoms with Crippen molar-refractivity contribution in [2.45, 2.75) is 25.4 Å². The second kappa shape index (κ2) is 4.42. The minimum atomic E-state index is -0.491. The van der Waals surface area contributed by atoms with Crippen LogP contribution in [-0.2, 0) is 0 Å². The molecule has 0 radical (unpaired) electrons. The summed E-state index contributed by atoms with van der Waals surface area (Å²) in [4.78, 5) is 32.0. The van der Waals surface area contributed by atoms with Crippen molar-refractivity contribution in [3.8, 4) is 0 Å². The van der Waals surface area contributed by atoms with Gasteiger partial charge in [-0.25, -0.2) is 14.6 Å². The van der Waals surface area contributed by atoms with Gasteiger partial charge in [0, 0.05) is 12.7 Å². The molecule has 0 aliphatic carbocycles. The Morgan fingerprint density at radius 1 is 1.47 bits per heavy atom. The number of nitrogens with zero attached hydrogens (tertiary/aromatic N) is 3. The molecule has 3 N–H and O–H groups in total. The Morgan fingerprint density at radius 2 is 2.32 bits per heavy atom. The number of rotatable bonds is 1. The van der Waals surface area contributed by atoms with Gasteiger partial charge in [0.15, 0.2) is 5.65 Å². The zero-order chi connectivity index (χ0) is 13.4. The summed E-state index contributed by atoms with van der Waals surface area (Å²) in [5.74, 6) is 0. The molecule has 7 nitrogen and oxygen atoms in total. The van der Waals surface area contributed by atoms with E-state index in [2.05, 4.69) is 9.97 Å². The molecule has 2 aromatic heterocycles. The summed E-state index contributed by atoms with van der Waals surface area (Å²) in [6.45, 7) is 0.583. The largest absolute Gasteiger partial charge is 0.351 e. The number of aromatic amines is 1. The molecule has 1 fully saturated rings. The number of hydrogen-bond acceptors (Lipinski definition) is 3. The van der Waals surface area contributed by atoms with Crippen LogP contribution in [0.5, 0.6) is 0 Å². The number of carbonyl (C=O) groups is 1. The smallest absolute Gasteiger partial charge is 0.329 e. The zero-order valence-electron chi connectivity index (χ0n) is 10.4. The molecule has 0 bridgehead atoms. The van der Waals surface area contributed by atoms with Crippen molar-refractivity contribution in [1.82, 2.24) is 19.4 Å². The van der Waals surface area contributed by atoms with Crippen LogP contribution in [0.4, 0.5) is 4.79 Å². The maximum atomic E-state index is 12.1. The summed E-state index contributed by atoms with van der Waals surface area (Å²) >= 11 is 0. The quantitative estimate of drug-likeness (QED) is 0.794. The minimum absolute atomic E-state index is 0.258. The van der Waals surface area contributed by atoms with Crippen LogP contribution in [-0.4, -0.2) is 32.0 Å². The van der Waals surface area contributed by atoms with E-state index in [0.29, 0.717) is 17.7 Å². The van der Waals surface area contributed by atoms with Crippen LogP contribution >= 0.6 is 0 Å². The molecule has 7 heteroatoms. The average molecular weight is 261 g/mol. The highest BCUT2D eigenvalue weighted by Crippen LogP contribution is 2.26. The van der Waals surface area contributed by atoms with Gasteiger partial charge >= 0.3 is 11.7 Å². The molecule has 1 aliphatic rings. The summed E-state index contributed by atoms with van der Waals surface area (Å²) in [6, 6.07) is 3.09. The number of urea groups is 1. The van der Waals surface area contributed by atoms with Gasteiger partial charge in [0.2, 0.25) is 0 Å². The maximum absolute atomic E-state index is 12.1. The highest BCUT2D eigenvalue weighted by Gasteiger charge is 2.29. The second-order valence-corrected chi connectivity index (χ2v) is 4.68. The minimum Gasteiger partial charge on any atom is -0.351 e. The fourth-order valence-corrected chi connectivity index (χ4v) is 2.69. The topological polar surface area (TPSA) is 97.0 Å². The Bertz CT molecular complexity index is 674. The van der Waals surface area contributed by atoms with Gasteiger partial charge in [-0.3, -0.25) is 9.55 Å². The molecule has 2 aromatic rings. The first-order valence-corrected chi connectivity index (χ1v) is 6.30. The van der Waals surface area contributed by atoms with Gasteiger partial charge in [-0.05, 0) is 31.4 Å². The van der Waals surface area contributed by atoms with Crippen LogP contribution in [0, 0.1) is 0 Å². The first-order valence-electron chi connectivity index (χ1n) is 6.30. The van der Waals surface area contributed by atoms with Crippen molar-refractivity contribution in [3.05, 3.63) is 28.8 Å². The summed E-state index contributed by atoms with van der Waals surface area (Å²) in [7, 11) is 0. The fourth-order valence-electron chi connectivity index (χ4n) is 2.69. The molecule has 1 atom stereocenters. The second-order valence-electron chi connectivity index (χ2n) is 4.68. The molecule has 0 saturated carbocycles. The van der Waals surface area contributed by atoms with Crippen molar-refractivity contribution in [2.75, 3.05) is 6.54 Å². The van der Waals surface area contributed by atoms with E-state index in [9.17, 15) is 9.59 Å². The number of carbonyl (C=O) groups excluding carboxylic acids is 1. The van der Waals surface area contributed by atoms with Crippen LogP contribution < -0.4 is 11.4 Å². The standard InChI is InChI=1S/C12H15N5O2/c13-11(18)16-7-2-1-5-9(16)17-8-4-3-6-14-10(8)15-12(17)19/h3-4,6,9H,1-2,5,7H2,(H2,13,18)(H,14,15,19). The molecule has 2 amide bonds. The molecule has 1 aliphatic heterocycles. The molecule has 3 heterocycles. The van der Waals surface area contributed by atoms with E-state index >= 15 is 0 Å². The van der Waals surface area contributed by atoms with E-state index in [4.69, 9.17) is 5.73 Å². The summed E-state index contributed by atoms with van der Waals surface area (Å²) in [5, 5.41) is 0. The van der Waals surface area contributed by atoms with E-state index in [1.165, 1.54) is 0 Å². The van der Waals surface area contributed by atoms with Gasteiger partial charge in [0.1, 0.15) is 6.17 Å². The number of primary amides is 1. The molecule has 3 rings (SSSR count). The van der Waals surface area contributed by atoms with Gasteiger partial charge in [-0.2, -0.15) is 0 Å². The normalized spacial score (nSPS) is 19.8. The average Bonchev–Trinajstić information content (AvgIpc) is 2.74. The van der Waals surface area contributed by atoms with E-state index in [0.717, 1.165) is 19.3 Å². The summed E-state index contributed by atoms with van der Waals surface area (Å²) < 4.78 is 1.58. The lowest BCUT2D eigenvalue weighted by molar-refractivity contribution is 0.123. The number of aromatic nitrogens is 3. The molecule has 19 heavy (non-hydrogen) atoms. The fraction of sp³-hybridized carbons (Fsp3) is 0.417. The van der Waals surface area contributed by atoms with Crippen LogP contribution in [0.1, 0.15) is 25.4 Å². The van der Waals surface area contributed by atoms with Crippen molar-refractivity contribution < 1.29 is 4.79 Å². The van der Waals surface area contributed by atoms with Crippen molar-refractivity contribution in [1.29, 1.82) is 0 Å². The van der Waals surface area contributed by atoms with Crippen molar-refractivity contribution >= 4 is 17.2 Å².